The molecule has 114 valence electrons. The van der Waals surface area contributed by atoms with E-state index >= 15 is 0 Å². The molecule has 1 aromatic heterocycles. The van der Waals surface area contributed by atoms with Gasteiger partial charge in [-0.2, -0.15) is 0 Å². The van der Waals surface area contributed by atoms with E-state index in [1.807, 2.05) is 45.0 Å². The highest BCUT2D eigenvalue weighted by Crippen LogP contribution is 2.27. The number of aliphatic hydroxyl groups excluding tert-OH is 1. The van der Waals surface area contributed by atoms with Crippen molar-refractivity contribution in [2.75, 3.05) is 13.2 Å². The lowest BCUT2D eigenvalue weighted by molar-refractivity contribution is 0.104. The fraction of sp³-hybridized carbons (Fsp3) is 0.467. The highest BCUT2D eigenvalue weighted by atomic mass is 32.1. The van der Waals surface area contributed by atoms with Crippen LogP contribution in [0.4, 0.5) is 0 Å². The quantitative estimate of drug-likeness (QED) is 0.821. The first-order chi connectivity index (χ1) is 10.1. The Balaban J connectivity index is 1.87. The molecular formula is C15H21N3O2S. The number of aliphatic hydroxyl groups is 1. The normalized spacial score (nSPS) is 12.6. The van der Waals surface area contributed by atoms with Crippen LogP contribution in [-0.2, 0) is 0 Å². The van der Waals surface area contributed by atoms with Crippen LogP contribution in [0, 0.1) is 6.92 Å². The van der Waals surface area contributed by atoms with E-state index in [9.17, 15) is 5.11 Å². The SMILES string of the molecule is Cc1nnsc1-c1ccc(OCC(O)CNC(C)C)cc1. The number of nitrogens with one attached hydrogen (secondary N) is 1. The van der Waals surface area contributed by atoms with Gasteiger partial charge in [0.15, 0.2) is 0 Å². The summed E-state index contributed by atoms with van der Waals surface area (Å²) in [6.07, 6.45) is -0.514. The minimum absolute atomic E-state index is 0.278. The number of ether oxygens (including phenoxy) is 1. The van der Waals surface area contributed by atoms with E-state index in [1.165, 1.54) is 11.5 Å². The van der Waals surface area contributed by atoms with Gasteiger partial charge in [-0.05, 0) is 48.3 Å². The second-order valence-electron chi connectivity index (χ2n) is 5.24. The molecule has 1 heterocycles. The van der Waals surface area contributed by atoms with Crippen LogP contribution in [0.15, 0.2) is 24.3 Å². The fourth-order valence-electron chi connectivity index (χ4n) is 1.82. The molecule has 1 atom stereocenters. The van der Waals surface area contributed by atoms with Gasteiger partial charge >= 0.3 is 0 Å². The number of nitrogens with zero attached hydrogens (tertiary/aromatic N) is 2. The van der Waals surface area contributed by atoms with Gasteiger partial charge in [0.25, 0.3) is 0 Å². The van der Waals surface area contributed by atoms with Gasteiger partial charge in [0.1, 0.15) is 18.5 Å². The largest absolute Gasteiger partial charge is 0.491 e. The number of benzene rings is 1. The molecular weight excluding hydrogens is 286 g/mol. The van der Waals surface area contributed by atoms with Crippen molar-refractivity contribution < 1.29 is 9.84 Å². The summed E-state index contributed by atoms with van der Waals surface area (Å²) in [7, 11) is 0. The van der Waals surface area contributed by atoms with E-state index in [0.29, 0.717) is 12.6 Å². The van der Waals surface area contributed by atoms with Crippen molar-refractivity contribution in [1.82, 2.24) is 14.9 Å². The van der Waals surface area contributed by atoms with Crippen molar-refractivity contribution >= 4 is 11.5 Å². The van der Waals surface area contributed by atoms with Gasteiger partial charge in [-0.1, -0.05) is 18.3 Å². The number of hydrogen-bond acceptors (Lipinski definition) is 6. The van der Waals surface area contributed by atoms with E-state index in [0.717, 1.165) is 21.9 Å². The standard InChI is InChI=1S/C15H21N3O2S/c1-10(2)16-8-13(19)9-20-14-6-4-12(5-7-14)15-11(3)17-18-21-15/h4-7,10,13,16,19H,8-9H2,1-3H3. The molecule has 0 fully saturated rings. The van der Waals surface area contributed by atoms with Crippen LogP contribution in [0.3, 0.4) is 0 Å². The van der Waals surface area contributed by atoms with Gasteiger partial charge in [0.2, 0.25) is 0 Å². The van der Waals surface area contributed by atoms with Crippen molar-refractivity contribution in [1.29, 1.82) is 0 Å². The summed E-state index contributed by atoms with van der Waals surface area (Å²) in [5, 5.41) is 17.0. The lowest BCUT2D eigenvalue weighted by atomic mass is 10.1. The molecule has 0 aliphatic heterocycles. The second-order valence-corrected chi connectivity index (χ2v) is 5.99. The van der Waals surface area contributed by atoms with Crippen LogP contribution in [0.1, 0.15) is 19.5 Å². The Hall–Kier alpha value is -1.50. The molecule has 5 nitrogen and oxygen atoms in total. The molecule has 0 radical (unpaired) electrons. The second kappa shape index (κ2) is 7.49. The zero-order valence-corrected chi connectivity index (χ0v) is 13.4. The molecule has 0 spiro atoms. The summed E-state index contributed by atoms with van der Waals surface area (Å²) < 4.78 is 9.52. The van der Waals surface area contributed by atoms with Gasteiger partial charge in [-0.15, -0.1) is 5.10 Å². The average molecular weight is 307 g/mol. The number of hydrogen-bond donors (Lipinski definition) is 2. The first-order valence-electron chi connectivity index (χ1n) is 7.00. The maximum Gasteiger partial charge on any atom is 0.119 e. The van der Waals surface area contributed by atoms with Crippen LogP contribution in [0.5, 0.6) is 5.75 Å². The molecule has 1 aromatic carbocycles. The molecule has 2 aromatic rings. The zero-order chi connectivity index (χ0) is 15.2. The first-order valence-corrected chi connectivity index (χ1v) is 7.77. The Bertz CT molecular complexity index is 554. The Labute approximate surface area is 129 Å². The summed E-state index contributed by atoms with van der Waals surface area (Å²) in [5.74, 6) is 0.748. The van der Waals surface area contributed by atoms with Crippen molar-refractivity contribution in [2.24, 2.45) is 0 Å². The van der Waals surface area contributed by atoms with Crippen LogP contribution >= 0.6 is 11.5 Å². The van der Waals surface area contributed by atoms with E-state index < -0.39 is 6.10 Å². The third-order valence-electron chi connectivity index (χ3n) is 2.97. The lowest BCUT2D eigenvalue weighted by Gasteiger charge is -2.15. The van der Waals surface area contributed by atoms with Gasteiger partial charge in [-0.3, -0.25) is 0 Å². The lowest BCUT2D eigenvalue weighted by Crippen LogP contribution is -2.35. The van der Waals surface area contributed by atoms with Gasteiger partial charge in [0, 0.05) is 12.6 Å². The number of aryl methyl sites for hydroxylation is 1. The van der Waals surface area contributed by atoms with E-state index in [1.54, 1.807) is 0 Å². The monoisotopic (exact) mass is 307 g/mol. The zero-order valence-electron chi connectivity index (χ0n) is 12.5. The van der Waals surface area contributed by atoms with Crippen molar-refractivity contribution in [3.8, 4) is 16.2 Å². The third kappa shape index (κ3) is 4.77. The predicted octanol–water partition coefficient (Wildman–Crippen LogP) is 2.25. The maximum atomic E-state index is 9.80. The van der Waals surface area contributed by atoms with Crippen LogP contribution < -0.4 is 10.1 Å². The summed E-state index contributed by atoms with van der Waals surface area (Å²) in [4.78, 5) is 1.07. The Morgan fingerprint density at radius 2 is 2.00 bits per heavy atom. The van der Waals surface area contributed by atoms with Crippen LogP contribution in [-0.4, -0.2) is 40.0 Å². The van der Waals surface area contributed by atoms with Gasteiger partial charge in [0.05, 0.1) is 10.6 Å². The minimum atomic E-state index is -0.514. The Kier molecular flexibility index (Phi) is 5.67. The number of rotatable bonds is 7. The minimum Gasteiger partial charge on any atom is -0.491 e. The van der Waals surface area contributed by atoms with E-state index in [2.05, 4.69) is 14.9 Å². The fourth-order valence-corrected chi connectivity index (χ4v) is 2.48. The first kappa shape index (κ1) is 15.9. The molecule has 2 rings (SSSR count). The van der Waals surface area contributed by atoms with Crippen molar-refractivity contribution in [3.63, 3.8) is 0 Å². The van der Waals surface area contributed by atoms with Gasteiger partial charge < -0.3 is 15.2 Å². The number of aromatic nitrogens is 2. The summed E-state index contributed by atoms with van der Waals surface area (Å²) in [6.45, 7) is 6.84. The highest BCUT2D eigenvalue weighted by molar-refractivity contribution is 7.09. The molecule has 6 heteroatoms. The Morgan fingerprint density at radius 3 is 2.57 bits per heavy atom. The topological polar surface area (TPSA) is 67.3 Å². The summed E-state index contributed by atoms with van der Waals surface area (Å²) in [6, 6.07) is 8.12. The average Bonchev–Trinajstić information content (AvgIpc) is 2.89. The van der Waals surface area contributed by atoms with E-state index in [-0.39, 0.29) is 6.61 Å². The third-order valence-corrected chi connectivity index (χ3v) is 3.85. The molecule has 0 aliphatic carbocycles. The molecule has 0 amide bonds. The highest BCUT2D eigenvalue weighted by Gasteiger charge is 2.08. The van der Waals surface area contributed by atoms with Crippen LogP contribution in [0.25, 0.3) is 10.4 Å². The molecule has 0 bridgehead atoms. The van der Waals surface area contributed by atoms with Crippen LogP contribution in [0.2, 0.25) is 0 Å². The predicted molar refractivity (Wildman–Crippen MR) is 84.7 cm³/mol. The molecule has 21 heavy (non-hydrogen) atoms. The maximum absolute atomic E-state index is 9.80. The molecule has 0 aliphatic rings. The summed E-state index contributed by atoms with van der Waals surface area (Å²) in [5.41, 5.74) is 2.01. The molecule has 2 N–H and O–H groups in total. The van der Waals surface area contributed by atoms with Gasteiger partial charge in [-0.25, -0.2) is 0 Å². The van der Waals surface area contributed by atoms with Crippen molar-refractivity contribution in [3.05, 3.63) is 30.0 Å². The molecule has 0 saturated carbocycles. The molecule has 1 unspecified atom stereocenters. The molecule has 0 saturated heterocycles. The smallest absolute Gasteiger partial charge is 0.119 e. The van der Waals surface area contributed by atoms with E-state index in [4.69, 9.17) is 4.74 Å². The summed E-state index contributed by atoms with van der Waals surface area (Å²) >= 11 is 1.39. The van der Waals surface area contributed by atoms with Crippen molar-refractivity contribution in [2.45, 2.75) is 32.9 Å². The Morgan fingerprint density at radius 1 is 1.29 bits per heavy atom.